The predicted octanol–water partition coefficient (Wildman–Crippen LogP) is 1.60. The van der Waals surface area contributed by atoms with Gasteiger partial charge in [-0.2, -0.15) is 0 Å². The molecule has 0 saturated heterocycles. The molecule has 0 aromatic carbocycles. The molecule has 1 heterocycles. The van der Waals surface area contributed by atoms with Crippen molar-refractivity contribution in [3.05, 3.63) is 15.8 Å². The third-order valence-corrected chi connectivity index (χ3v) is 6.18. The number of sulfone groups is 1. The summed E-state index contributed by atoms with van der Waals surface area (Å²) in [5, 5.41) is 4.20. The molecule has 0 bridgehead atoms. The molecule has 1 N–H and O–H groups in total. The van der Waals surface area contributed by atoms with E-state index >= 15 is 0 Å². The van der Waals surface area contributed by atoms with E-state index in [2.05, 4.69) is 10.1 Å². The smallest absolute Gasteiger partial charge is 0.350 e. The maximum absolute atomic E-state index is 12.2. The topological polar surface area (TPSA) is 89.5 Å². The number of nitrogens with one attached hydrogen (secondary N) is 1. The summed E-state index contributed by atoms with van der Waals surface area (Å²) < 4.78 is 26.3. The Labute approximate surface area is 122 Å². The fourth-order valence-corrected chi connectivity index (χ4v) is 2.58. The van der Waals surface area contributed by atoms with Crippen LogP contribution in [-0.4, -0.2) is 38.4 Å². The highest BCUT2D eigenvalue weighted by atomic mass is 32.2. The molecule has 1 rings (SSSR count). The third kappa shape index (κ3) is 3.01. The number of esters is 1. The van der Waals surface area contributed by atoms with E-state index in [4.69, 9.17) is 0 Å². The molecule has 0 spiro atoms. The molecule has 0 fully saturated rings. The molecule has 0 atom stereocenters. The first-order valence-corrected chi connectivity index (χ1v) is 8.47. The highest BCUT2D eigenvalue weighted by Crippen LogP contribution is 2.30. The molecule has 0 aliphatic rings. The second-order valence-corrected chi connectivity index (χ2v) is 8.30. The van der Waals surface area contributed by atoms with E-state index in [0.29, 0.717) is 11.3 Å². The summed E-state index contributed by atoms with van der Waals surface area (Å²) in [6.45, 7) is 4.35. The van der Waals surface area contributed by atoms with Gasteiger partial charge in [-0.3, -0.25) is 4.79 Å². The van der Waals surface area contributed by atoms with Gasteiger partial charge in [0.25, 0.3) is 0 Å². The maximum atomic E-state index is 12.2. The summed E-state index contributed by atoms with van der Waals surface area (Å²) >= 11 is 1.13. The number of hydrogen-bond acceptors (Lipinski definition) is 6. The van der Waals surface area contributed by atoms with Crippen molar-refractivity contribution < 1.29 is 22.7 Å². The van der Waals surface area contributed by atoms with Crippen LogP contribution in [0.15, 0.2) is 5.38 Å². The fraction of sp³-hybridized carbons (Fsp3) is 0.500. The van der Waals surface area contributed by atoms with Crippen LogP contribution in [0.1, 0.15) is 29.1 Å². The van der Waals surface area contributed by atoms with Crippen molar-refractivity contribution in [3.63, 3.8) is 0 Å². The van der Waals surface area contributed by atoms with E-state index < -0.39 is 26.5 Å². The number of hydrogen-bond donors (Lipinski definition) is 1. The standard InChI is InChI=1S/C12H17NO5S2/c1-7-6-19-9(10(14)18-4)8(7)13-11(15)12(2,3)20(5,16)17/h6H,1-5H3,(H,13,15). The molecule has 1 aromatic rings. The van der Waals surface area contributed by atoms with Gasteiger partial charge < -0.3 is 10.1 Å². The summed E-state index contributed by atoms with van der Waals surface area (Å²) in [5.74, 6) is -1.26. The highest BCUT2D eigenvalue weighted by Gasteiger charge is 2.39. The van der Waals surface area contributed by atoms with Crippen LogP contribution in [0.2, 0.25) is 0 Å². The van der Waals surface area contributed by atoms with E-state index in [-0.39, 0.29) is 4.88 Å². The van der Waals surface area contributed by atoms with E-state index in [9.17, 15) is 18.0 Å². The van der Waals surface area contributed by atoms with Gasteiger partial charge in [0.15, 0.2) is 9.84 Å². The van der Waals surface area contributed by atoms with Crippen LogP contribution in [0, 0.1) is 6.92 Å². The fourth-order valence-electron chi connectivity index (χ4n) is 1.27. The summed E-state index contributed by atoms with van der Waals surface area (Å²) in [4.78, 5) is 24.0. The Morgan fingerprint density at radius 2 is 1.90 bits per heavy atom. The number of ether oxygens (including phenoxy) is 1. The van der Waals surface area contributed by atoms with Gasteiger partial charge in [0, 0.05) is 6.26 Å². The Morgan fingerprint density at radius 1 is 1.35 bits per heavy atom. The molecule has 0 saturated carbocycles. The van der Waals surface area contributed by atoms with Gasteiger partial charge in [-0.25, -0.2) is 13.2 Å². The molecule has 20 heavy (non-hydrogen) atoms. The first kappa shape index (κ1) is 16.6. The van der Waals surface area contributed by atoms with Crippen molar-refractivity contribution in [3.8, 4) is 0 Å². The van der Waals surface area contributed by atoms with Crippen LogP contribution in [0.3, 0.4) is 0 Å². The lowest BCUT2D eigenvalue weighted by atomic mass is 10.1. The lowest BCUT2D eigenvalue weighted by molar-refractivity contribution is -0.117. The molecule has 0 aliphatic heterocycles. The number of thiophene rings is 1. The molecule has 8 heteroatoms. The summed E-state index contributed by atoms with van der Waals surface area (Å²) in [6, 6.07) is 0. The zero-order chi connectivity index (χ0) is 15.7. The predicted molar refractivity (Wildman–Crippen MR) is 77.9 cm³/mol. The number of anilines is 1. The van der Waals surface area contributed by atoms with Gasteiger partial charge in [-0.05, 0) is 31.7 Å². The summed E-state index contributed by atoms with van der Waals surface area (Å²) in [7, 11) is -2.34. The molecule has 0 aliphatic carbocycles. The van der Waals surface area contributed by atoms with Crippen molar-refractivity contribution in [2.75, 3.05) is 18.7 Å². The number of carbonyl (C=O) groups is 2. The van der Waals surface area contributed by atoms with Crippen LogP contribution in [0.5, 0.6) is 0 Å². The normalized spacial score (nSPS) is 12.1. The molecule has 0 unspecified atom stereocenters. The monoisotopic (exact) mass is 319 g/mol. The minimum atomic E-state index is -3.58. The second-order valence-electron chi connectivity index (χ2n) is 4.85. The summed E-state index contributed by atoms with van der Waals surface area (Å²) in [6.07, 6.45) is 0.994. The number of rotatable bonds is 4. The lowest BCUT2D eigenvalue weighted by Gasteiger charge is -2.21. The Morgan fingerprint density at radius 3 is 2.35 bits per heavy atom. The highest BCUT2D eigenvalue weighted by molar-refractivity contribution is 7.92. The van der Waals surface area contributed by atoms with Crippen molar-refractivity contribution in [1.82, 2.24) is 0 Å². The zero-order valence-corrected chi connectivity index (χ0v) is 13.6. The average Bonchev–Trinajstić information content (AvgIpc) is 2.68. The van der Waals surface area contributed by atoms with Crippen LogP contribution in [0.25, 0.3) is 0 Å². The molecule has 0 radical (unpaired) electrons. The average molecular weight is 319 g/mol. The number of carbonyl (C=O) groups excluding carboxylic acids is 2. The Hall–Kier alpha value is -1.41. The van der Waals surface area contributed by atoms with E-state index in [0.717, 1.165) is 17.6 Å². The minimum absolute atomic E-state index is 0.239. The first-order chi connectivity index (χ1) is 9.02. The van der Waals surface area contributed by atoms with Crippen LogP contribution in [0.4, 0.5) is 5.69 Å². The number of aryl methyl sites for hydroxylation is 1. The number of amides is 1. The van der Waals surface area contributed by atoms with Crippen LogP contribution < -0.4 is 5.32 Å². The lowest BCUT2D eigenvalue weighted by Crippen LogP contribution is -2.44. The second kappa shape index (κ2) is 5.53. The molecule has 112 valence electrons. The van der Waals surface area contributed by atoms with E-state index in [1.807, 2.05) is 0 Å². The van der Waals surface area contributed by atoms with E-state index in [1.165, 1.54) is 21.0 Å². The van der Waals surface area contributed by atoms with E-state index in [1.54, 1.807) is 12.3 Å². The minimum Gasteiger partial charge on any atom is -0.465 e. The summed E-state index contributed by atoms with van der Waals surface area (Å²) in [5.41, 5.74) is 0.969. The Bertz CT molecular complexity index is 643. The van der Waals surface area contributed by atoms with Gasteiger partial charge in [-0.15, -0.1) is 11.3 Å². The molecule has 6 nitrogen and oxygen atoms in total. The third-order valence-electron chi connectivity index (χ3n) is 3.06. The van der Waals surface area contributed by atoms with Gasteiger partial charge in [0.2, 0.25) is 5.91 Å². The van der Waals surface area contributed by atoms with Crippen LogP contribution >= 0.6 is 11.3 Å². The number of methoxy groups -OCH3 is 1. The molecule has 1 aromatic heterocycles. The van der Waals surface area contributed by atoms with Crippen molar-refractivity contribution in [2.24, 2.45) is 0 Å². The van der Waals surface area contributed by atoms with Crippen molar-refractivity contribution >= 4 is 38.7 Å². The van der Waals surface area contributed by atoms with Crippen LogP contribution in [-0.2, 0) is 19.4 Å². The van der Waals surface area contributed by atoms with Crippen molar-refractivity contribution in [2.45, 2.75) is 25.5 Å². The van der Waals surface area contributed by atoms with Gasteiger partial charge >= 0.3 is 5.97 Å². The zero-order valence-electron chi connectivity index (χ0n) is 11.9. The molecular weight excluding hydrogens is 302 g/mol. The SMILES string of the molecule is COC(=O)c1scc(C)c1NC(=O)C(C)(C)S(C)(=O)=O. The largest absolute Gasteiger partial charge is 0.465 e. The first-order valence-electron chi connectivity index (χ1n) is 5.69. The molecular formula is C12H17NO5S2. The maximum Gasteiger partial charge on any atom is 0.350 e. The van der Waals surface area contributed by atoms with Gasteiger partial charge in [0.1, 0.15) is 9.62 Å². The Kier molecular flexibility index (Phi) is 4.60. The molecule has 1 amide bonds. The van der Waals surface area contributed by atoms with Crippen molar-refractivity contribution in [1.29, 1.82) is 0 Å². The Balaban J connectivity index is 3.15. The van der Waals surface area contributed by atoms with Gasteiger partial charge in [0.05, 0.1) is 12.8 Å². The quantitative estimate of drug-likeness (QED) is 0.852. The van der Waals surface area contributed by atoms with Gasteiger partial charge in [-0.1, -0.05) is 0 Å².